The van der Waals surface area contributed by atoms with Crippen molar-refractivity contribution < 1.29 is 31.5 Å². The summed E-state index contributed by atoms with van der Waals surface area (Å²) in [7, 11) is -4.24. The number of H-pyrrole nitrogens is 1. The molecule has 1 aliphatic rings. The van der Waals surface area contributed by atoms with Gasteiger partial charge in [0.05, 0.1) is 38.6 Å². The van der Waals surface area contributed by atoms with Crippen LogP contribution < -0.4 is 14.4 Å². The summed E-state index contributed by atoms with van der Waals surface area (Å²) in [5.41, 5.74) is -0.393. The van der Waals surface area contributed by atoms with E-state index in [1.807, 2.05) is 0 Å². The summed E-state index contributed by atoms with van der Waals surface area (Å²) >= 11 is 6.10. The van der Waals surface area contributed by atoms with Crippen LogP contribution in [0.5, 0.6) is 5.75 Å². The van der Waals surface area contributed by atoms with Crippen molar-refractivity contribution in [3.63, 3.8) is 0 Å². The lowest BCUT2D eigenvalue weighted by molar-refractivity contribution is -0.0498. The lowest BCUT2D eigenvalue weighted by atomic mass is 10.1. The van der Waals surface area contributed by atoms with Gasteiger partial charge in [-0.15, -0.1) is 0 Å². The first-order valence-electron chi connectivity index (χ1n) is 8.47. The Labute approximate surface area is 178 Å². The molecule has 13 heteroatoms. The summed E-state index contributed by atoms with van der Waals surface area (Å²) in [6, 6.07) is 6.76. The Morgan fingerprint density at radius 1 is 1.06 bits per heavy atom. The Hall–Kier alpha value is -3.51. The van der Waals surface area contributed by atoms with Crippen molar-refractivity contribution in [3.8, 4) is 5.75 Å². The SMILES string of the molecule is O=C1c2c(Cl)ccc(NS(=O)(=O)c3ccc(OC(F)F)cc3)c2C(=O)N1c1cn[nH]c1. The van der Waals surface area contributed by atoms with E-state index in [0.717, 1.165) is 29.2 Å². The second kappa shape index (κ2) is 7.63. The summed E-state index contributed by atoms with van der Waals surface area (Å²) < 4.78 is 56.5. The molecular weight excluding hydrogens is 458 g/mol. The number of amides is 2. The monoisotopic (exact) mass is 468 g/mol. The molecule has 9 nitrogen and oxygen atoms in total. The second-order valence-electron chi connectivity index (χ2n) is 6.20. The minimum Gasteiger partial charge on any atom is -0.435 e. The molecule has 0 fully saturated rings. The molecule has 1 aliphatic heterocycles. The smallest absolute Gasteiger partial charge is 0.387 e. The summed E-state index contributed by atoms with van der Waals surface area (Å²) in [5, 5.41) is 6.14. The van der Waals surface area contributed by atoms with E-state index in [9.17, 15) is 26.8 Å². The molecule has 0 saturated heterocycles. The van der Waals surface area contributed by atoms with Crippen LogP contribution in [0, 0.1) is 0 Å². The van der Waals surface area contributed by atoms with Crippen molar-refractivity contribution in [2.45, 2.75) is 11.5 Å². The molecule has 1 aromatic heterocycles. The number of aromatic amines is 1. The number of benzene rings is 2. The first-order chi connectivity index (χ1) is 14.7. The molecule has 0 aliphatic carbocycles. The highest BCUT2D eigenvalue weighted by Crippen LogP contribution is 2.37. The quantitative estimate of drug-likeness (QED) is 0.535. The summed E-state index contributed by atoms with van der Waals surface area (Å²) in [4.78, 5) is 26.2. The average Bonchev–Trinajstić information content (AvgIpc) is 3.31. The molecule has 2 N–H and O–H groups in total. The fourth-order valence-electron chi connectivity index (χ4n) is 3.01. The number of ether oxygens (including phenoxy) is 1. The maximum Gasteiger partial charge on any atom is 0.387 e. The molecule has 0 atom stereocenters. The molecule has 0 radical (unpaired) electrons. The fourth-order valence-corrected chi connectivity index (χ4v) is 4.32. The highest BCUT2D eigenvalue weighted by Gasteiger charge is 2.41. The predicted molar refractivity (Wildman–Crippen MR) is 105 cm³/mol. The van der Waals surface area contributed by atoms with E-state index < -0.39 is 28.4 Å². The van der Waals surface area contributed by atoms with Gasteiger partial charge in [0.1, 0.15) is 5.75 Å². The average molecular weight is 469 g/mol. The molecule has 0 saturated carbocycles. The van der Waals surface area contributed by atoms with Crippen LogP contribution in [-0.4, -0.2) is 37.0 Å². The minimum atomic E-state index is -4.24. The van der Waals surface area contributed by atoms with Crippen molar-refractivity contribution in [1.82, 2.24) is 10.2 Å². The summed E-state index contributed by atoms with van der Waals surface area (Å²) in [5.74, 6) is -1.75. The largest absolute Gasteiger partial charge is 0.435 e. The van der Waals surface area contributed by atoms with E-state index in [0.29, 0.717) is 0 Å². The van der Waals surface area contributed by atoms with Crippen LogP contribution in [-0.2, 0) is 10.0 Å². The Balaban J connectivity index is 1.70. The van der Waals surface area contributed by atoms with Crippen molar-refractivity contribution in [2.75, 3.05) is 9.62 Å². The van der Waals surface area contributed by atoms with Gasteiger partial charge in [0.25, 0.3) is 21.8 Å². The number of carbonyl (C=O) groups is 2. The number of nitrogens with one attached hydrogen (secondary N) is 2. The molecule has 2 aromatic carbocycles. The number of hydrogen-bond donors (Lipinski definition) is 2. The highest BCUT2D eigenvalue weighted by molar-refractivity contribution is 7.92. The number of carbonyl (C=O) groups excluding carboxylic acids is 2. The summed E-state index contributed by atoms with van der Waals surface area (Å²) in [6.45, 7) is -3.06. The van der Waals surface area contributed by atoms with Crippen LogP contribution in [0.4, 0.5) is 20.2 Å². The van der Waals surface area contributed by atoms with Gasteiger partial charge in [-0.25, -0.2) is 13.3 Å². The molecule has 4 rings (SSSR count). The fraction of sp³-hybridized carbons (Fsp3) is 0.0556. The van der Waals surface area contributed by atoms with E-state index in [1.165, 1.54) is 24.5 Å². The molecule has 0 spiro atoms. The van der Waals surface area contributed by atoms with Crippen LogP contribution >= 0.6 is 11.6 Å². The number of alkyl halides is 2. The van der Waals surface area contributed by atoms with Gasteiger partial charge >= 0.3 is 6.61 Å². The number of anilines is 2. The van der Waals surface area contributed by atoms with Crippen LogP contribution in [0.25, 0.3) is 0 Å². The number of rotatable bonds is 6. The molecule has 3 aromatic rings. The first kappa shape index (κ1) is 20.8. The maximum absolute atomic E-state index is 12.9. The van der Waals surface area contributed by atoms with E-state index in [1.54, 1.807) is 0 Å². The third kappa shape index (κ3) is 3.70. The summed E-state index contributed by atoms with van der Waals surface area (Å²) in [6.07, 6.45) is 2.57. The van der Waals surface area contributed by atoms with Crippen LogP contribution in [0.15, 0.2) is 53.7 Å². The Bertz CT molecular complexity index is 1280. The standard InChI is InChI=1S/C18H11ClF2N4O5S/c19-12-5-6-13(15-14(12)16(26)25(17(15)27)9-7-22-23-8-9)24-31(28,29)11-3-1-10(2-4-11)30-18(20)21/h1-8,18,24H,(H,22,23). The number of sulfonamides is 1. The van der Waals surface area contributed by atoms with Gasteiger partial charge in [-0.1, -0.05) is 11.6 Å². The Morgan fingerprint density at radius 2 is 1.74 bits per heavy atom. The molecule has 0 bridgehead atoms. The van der Waals surface area contributed by atoms with Crippen molar-refractivity contribution in [2.24, 2.45) is 0 Å². The first-order valence-corrected chi connectivity index (χ1v) is 10.3. The van der Waals surface area contributed by atoms with Gasteiger partial charge in [-0.2, -0.15) is 13.9 Å². The second-order valence-corrected chi connectivity index (χ2v) is 8.29. The molecule has 31 heavy (non-hydrogen) atoms. The van der Waals surface area contributed by atoms with Gasteiger partial charge in [-0.05, 0) is 36.4 Å². The molecular formula is C18H11ClF2N4O5S. The maximum atomic E-state index is 12.9. The third-order valence-corrected chi connectivity index (χ3v) is 6.03. The third-order valence-electron chi connectivity index (χ3n) is 4.33. The minimum absolute atomic E-state index is 0.0317. The lowest BCUT2D eigenvalue weighted by Gasteiger charge is -2.12. The number of nitrogens with zero attached hydrogens (tertiary/aromatic N) is 2. The predicted octanol–water partition coefficient (Wildman–Crippen LogP) is 3.27. The zero-order valence-corrected chi connectivity index (χ0v) is 16.7. The zero-order valence-electron chi connectivity index (χ0n) is 15.2. The van der Waals surface area contributed by atoms with Crippen molar-refractivity contribution in [3.05, 3.63) is 64.9 Å². The topological polar surface area (TPSA) is 121 Å². The molecule has 2 heterocycles. The number of aromatic nitrogens is 2. The number of halogens is 3. The van der Waals surface area contributed by atoms with Gasteiger partial charge in [0.2, 0.25) is 0 Å². The van der Waals surface area contributed by atoms with E-state index in [2.05, 4.69) is 19.7 Å². The molecule has 160 valence electrons. The van der Waals surface area contributed by atoms with Crippen LogP contribution in [0.1, 0.15) is 20.7 Å². The van der Waals surface area contributed by atoms with E-state index in [4.69, 9.17) is 11.6 Å². The number of hydrogen-bond acceptors (Lipinski definition) is 6. The molecule has 2 amide bonds. The van der Waals surface area contributed by atoms with Gasteiger partial charge in [0.15, 0.2) is 0 Å². The highest BCUT2D eigenvalue weighted by atomic mass is 35.5. The van der Waals surface area contributed by atoms with Crippen LogP contribution in [0.3, 0.4) is 0 Å². The normalized spacial score (nSPS) is 13.6. The van der Waals surface area contributed by atoms with Gasteiger partial charge < -0.3 is 4.74 Å². The van der Waals surface area contributed by atoms with Crippen LogP contribution in [0.2, 0.25) is 5.02 Å². The lowest BCUT2D eigenvalue weighted by Crippen LogP contribution is -2.29. The van der Waals surface area contributed by atoms with E-state index in [-0.39, 0.29) is 38.2 Å². The zero-order chi connectivity index (χ0) is 22.3. The number of fused-ring (bicyclic) bond motifs is 1. The molecule has 0 unspecified atom stereocenters. The Kier molecular flexibility index (Phi) is 5.11. The van der Waals surface area contributed by atoms with Crippen molar-refractivity contribution in [1.29, 1.82) is 0 Å². The van der Waals surface area contributed by atoms with Gasteiger partial charge in [0, 0.05) is 6.20 Å². The number of imide groups is 1. The van der Waals surface area contributed by atoms with Crippen molar-refractivity contribution >= 4 is 44.8 Å². The van der Waals surface area contributed by atoms with E-state index >= 15 is 0 Å². The Morgan fingerprint density at radius 3 is 2.35 bits per heavy atom. The van der Waals surface area contributed by atoms with Gasteiger partial charge in [-0.3, -0.25) is 19.4 Å².